The van der Waals surface area contributed by atoms with Crippen molar-refractivity contribution < 1.29 is 10.2 Å². The van der Waals surface area contributed by atoms with Gasteiger partial charge in [0.1, 0.15) is 0 Å². The summed E-state index contributed by atoms with van der Waals surface area (Å²) in [5.41, 5.74) is 0. The average Bonchev–Trinajstić information content (AvgIpc) is 2.10. The Hall–Kier alpha value is -0.120. The zero-order chi connectivity index (χ0) is 11.7. The molecule has 0 aromatic heterocycles. The van der Waals surface area contributed by atoms with Gasteiger partial charge in [-0.2, -0.15) is 0 Å². The number of nitrogens with zero attached hydrogens (tertiary/aromatic N) is 1. The van der Waals surface area contributed by atoms with Crippen molar-refractivity contribution in [2.24, 2.45) is 0 Å². The molecule has 2 N–H and O–H groups in total. The van der Waals surface area contributed by atoms with E-state index in [2.05, 4.69) is 11.8 Å². The number of hydrogen-bond donors (Lipinski definition) is 2. The first-order chi connectivity index (χ1) is 7.06. The maximum Gasteiger partial charge on any atom is 0.0639 e. The van der Waals surface area contributed by atoms with E-state index in [-0.39, 0.29) is 12.2 Å². The lowest BCUT2D eigenvalue weighted by atomic mass is 10.2. The van der Waals surface area contributed by atoms with E-state index in [9.17, 15) is 10.2 Å². The summed E-state index contributed by atoms with van der Waals surface area (Å²) in [5, 5.41) is 18.6. The van der Waals surface area contributed by atoms with Gasteiger partial charge in [-0.1, -0.05) is 26.2 Å². The number of hydrogen-bond acceptors (Lipinski definition) is 3. The van der Waals surface area contributed by atoms with Crippen molar-refractivity contribution in [3.63, 3.8) is 0 Å². The quantitative estimate of drug-likeness (QED) is 0.577. The van der Waals surface area contributed by atoms with Crippen LogP contribution in [0.1, 0.15) is 46.5 Å². The second-order valence-corrected chi connectivity index (χ2v) is 4.52. The normalized spacial score (nSPS) is 15.6. The highest BCUT2D eigenvalue weighted by Gasteiger charge is 2.10. The standard InChI is InChI=1S/C12H27NO2/c1-4-5-6-7-8-13(9-11(2)14)10-12(3)15/h11-12,14-15H,4-10H2,1-3H3. The Balaban J connectivity index is 3.69. The van der Waals surface area contributed by atoms with Crippen molar-refractivity contribution in [3.8, 4) is 0 Å². The Labute approximate surface area is 94.1 Å². The largest absolute Gasteiger partial charge is 0.392 e. The molecule has 0 spiro atoms. The first kappa shape index (κ1) is 14.9. The monoisotopic (exact) mass is 217 g/mol. The van der Waals surface area contributed by atoms with Gasteiger partial charge < -0.3 is 10.2 Å². The molecular weight excluding hydrogens is 190 g/mol. The van der Waals surface area contributed by atoms with Crippen LogP contribution in [-0.4, -0.2) is 47.0 Å². The molecule has 0 aliphatic carbocycles. The van der Waals surface area contributed by atoms with Crippen LogP contribution in [0, 0.1) is 0 Å². The van der Waals surface area contributed by atoms with Crippen LogP contribution in [0.3, 0.4) is 0 Å². The van der Waals surface area contributed by atoms with Crippen LogP contribution in [-0.2, 0) is 0 Å². The van der Waals surface area contributed by atoms with Crippen LogP contribution in [0.25, 0.3) is 0 Å². The lowest BCUT2D eigenvalue weighted by molar-refractivity contribution is 0.0825. The number of aliphatic hydroxyl groups excluding tert-OH is 2. The van der Waals surface area contributed by atoms with Gasteiger partial charge in [0.15, 0.2) is 0 Å². The van der Waals surface area contributed by atoms with E-state index < -0.39 is 0 Å². The summed E-state index contributed by atoms with van der Waals surface area (Å²) in [5.74, 6) is 0. The van der Waals surface area contributed by atoms with Gasteiger partial charge in [0.05, 0.1) is 12.2 Å². The fourth-order valence-corrected chi connectivity index (χ4v) is 1.77. The third kappa shape index (κ3) is 10.2. The maximum atomic E-state index is 9.32. The van der Waals surface area contributed by atoms with Crippen molar-refractivity contribution >= 4 is 0 Å². The molecule has 0 fully saturated rings. The fraction of sp³-hybridized carbons (Fsp3) is 1.00. The molecule has 0 bridgehead atoms. The lowest BCUT2D eigenvalue weighted by Crippen LogP contribution is -2.36. The highest BCUT2D eigenvalue weighted by atomic mass is 16.3. The second-order valence-electron chi connectivity index (χ2n) is 4.52. The predicted octanol–water partition coefficient (Wildman–Crippen LogP) is 1.63. The van der Waals surface area contributed by atoms with Gasteiger partial charge in [-0.3, -0.25) is 4.90 Å². The van der Waals surface area contributed by atoms with Crippen molar-refractivity contribution in [2.45, 2.75) is 58.7 Å². The van der Waals surface area contributed by atoms with Crippen molar-refractivity contribution in [2.75, 3.05) is 19.6 Å². The van der Waals surface area contributed by atoms with Crippen LogP contribution in [0.4, 0.5) is 0 Å². The van der Waals surface area contributed by atoms with Crippen molar-refractivity contribution in [3.05, 3.63) is 0 Å². The van der Waals surface area contributed by atoms with Crippen molar-refractivity contribution in [1.82, 2.24) is 4.90 Å². The Morgan fingerprint density at radius 1 is 0.933 bits per heavy atom. The van der Waals surface area contributed by atoms with Gasteiger partial charge in [-0.05, 0) is 26.8 Å². The molecule has 15 heavy (non-hydrogen) atoms. The average molecular weight is 217 g/mol. The van der Waals surface area contributed by atoms with E-state index in [0.717, 1.165) is 13.0 Å². The first-order valence-electron chi connectivity index (χ1n) is 6.14. The Morgan fingerprint density at radius 2 is 1.47 bits per heavy atom. The summed E-state index contributed by atoms with van der Waals surface area (Å²) in [7, 11) is 0. The smallest absolute Gasteiger partial charge is 0.0639 e. The van der Waals surface area contributed by atoms with Gasteiger partial charge in [-0.15, -0.1) is 0 Å². The molecule has 3 heteroatoms. The van der Waals surface area contributed by atoms with Gasteiger partial charge in [0.2, 0.25) is 0 Å². The molecule has 0 rings (SSSR count). The van der Waals surface area contributed by atoms with Crippen LogP contribution >= 0.6 is 0 Å². The summed E-state index contributed by atoms with van der Waals surface area (Å²) in [6, 6.07) is 0. The van der Waals surface area contributed by atoms with E-state index in [1.807, 2.05) is 0 Å². The van der Waals surface area contributed by atoms with Gasteiger partial charge in [0.25, 0.3) is 0 Å². The van der Waals surface area contributed by atoms with Crippen LogP contribution in [0.15, 0.2) is 0 Å². The molecule has 2 atom stereocenters. The third-order valence-corrected chi connectivity index (χ3v) is 2.37. The Morgan fingerprint density at radius 3 is 1.87 bits per heavy atom. The lowest BCUT2D eigenvalue weighted by Gasteiger charge is -2.24. The molecule has 0 amide bonds. The molecule has 0 aromatic carbocycles. The van der Waals surface area contributed by atoms with E-state index in [4.69, 9.17) is 0 Å². The van der Waals surface area contributed by atoms with E-state index in [1.165, 1.54) is 19.3 Å². The molecule has 0 heterocycles. The molecule has 92 valence electrons. The molecular formula is C12H27NO2. The minimum absolute atomic E-state index is 0.310. The van der Waals surface area contributed by atoms with Crippen LogP contribution < -0.4 is 0 Å². The summed E-state index contributed by atoms with van der Waals surface area (Å²) < 4.78 is 0. The molecule has 0 saturated heterocycles. The molecule has 0 saturated carbocycles. The van der Waals surface area contributed by atoms with E-state index >= 15 is 0 Å². The summed E-state index contributed by atoms with van der Waals surface area (Å²) in [6.45, 7) is 8.09. The minimum Gasteiger partial charge on any atom is -0.392 e. The number of aliphatic hydroxyl groups is 2. The van der Waals surface area contributed by atoms with Gasteiger partial charge >= 0.3 is 0 Å². The zero-order valence-corrected chi connectivity index (χ0v) is 10.4. The fourth-order valence-electron chi connectivity index (χ4n) is 1.77. The minimum atomic E-state index is -0.310. The summed E-state index contributed by atoms with van der Waals surface area (Å²) >= 11 is 0. The third-order valence-electron chi connectivity index (χ3n) is 2.37. The maximum absolute atomic E-state index is 9.32. The van der Waals surface area contributed by atoms with E-state index in [1.54, 1.807) is 13.8 Å². The van der Waals surface area contributed by atoms with Gasteiger partial charge in [0, 0.05) is 13.1 Å². The molecule has 0 aromatic rings. The molecule has 2 unspecified atom stereocenters. The predicted molar refractivity (Wildman–Crippen MR) is 63.9 cm³/mol. The highest BCUT2D eigenvalue weighted by molar-refractivity contribution is 4.64. The second kappa shape index (κ2) is 9.13. The van der Waals surface area contributed by atoms with Crippen molar-refractivity contribution in [1.29, 1.82) is 0 Å². The zero-order valence-electron chi connectivity index (χ0n) is 10.4. The first-order valence-corrected chi connectivity index (χ1v) is 6.14. The van der Waals surface area contributed by atoms with E-state index in [0.29, 0.717) is 13.1 Å². The van der Waals surface area contributed by atoms with Crippen LogP contribution in [0.2, 0.25) is 0 Å². The van der Waals surface area contributed by atoms with Gasteiger partial charge in [-0.25, -0.2) is 0 Å². The summed E-state index contributed by atoms with van der Waals surface area (Å²) in [6.07, 6.45) is 4.30. The molecule has 0 aliphatic heterocycles. The summed E-state index contributed by atoms with van der Waals surface area (Å²) in [4.78, 5) is 2.14. The molecule has 3 nitrogen and oxygen atoms in total. The Bertz CT molecular complexity index is 128. The number of rotatable bonds is 9. The molecule has 0 aliphatic rings. The highest BCUT2D eigenvalue weighted by Crippen LogP contribution is 2.03. The van der Waals surface area contributed by atoms with Crippen LogP contribution in [0.5, 0.6) is 0 Å². The topological polar surface area (TPSA) is 43.7 Å². The number of unbranched alkanes of at least 4 members (excludes halogenated alkanes) is 3. The SMILES string of the molecule is CCCCCCN(CC(C)O)CC(C)O. The molecule has 0 radical (unpaired) electrons. The Kier molecular flexibility index (Phi) is 9.06.